The van der Waals surface area contributed by atoms with Crippen LogP contribution in [0.25, 0.3) is 16.9 Å². The van der Waals surface area contributed by atoms with Crippen molar-refractivity contribution in [2.45, 2.75) is 0 Å². The molecule has 3 N–H and O–H groups in total. The molecule has 0 spiro atoms. The van der Waals surface area contributed by atoms with Crippen LogP contribution in [-0.4, -0.2) is 30.6 Å². The van der Waals surface area contributed by atoms with E-state index in [9.17, 15) is 15.0 Å². The summed E-state index contributed by atoms with van der Waals surface area (Å²) >= 11 is 3.41. The maximum Gasteiger partial charge on any atom is 0.335 e. The number of aromatic hydroxyl groups is 1. The van der Waals surface area contributed by atoms with E-state index >= 15 is 0 Å². The maximum absolute atomic E-state index is 11.2. The molecule has 0 saturated heterocycles. The van der Waals surface area contributed by atoms with Crippen LogP contribution in [0.1, 0.15) is 10.4 Å². The van der Waals surface area contributed by atoms with Crippen LogP contribution in [0.3, 0.4) is 0 Å². The summed E-state index contributed by atoms with van der Waals surface area (Å²) in [5.41, 5.74) is 2.39. The second kappa shape index (κ2) is 6.73. The number of halogens is 1. The first-order chi connectivity index (χ1) is 13.0. The maximum atomic E-state index is 11.2. The minimum Gasteiger partial charge on any atom is -0.507 e. The largest absolute Gasteiger partial charge is 0.507 e. The molecule has 0 aliphatic rings. The van der Waals surface area contributed by atoms with Gasteiger partial charge in [0.2, 0.25) is 0 Å². The summed E-state index contributed by atoms with van der Waals surface area (Å²) in [4.78, 5) is 19.9. The lowest BCUT2D eigenvalue weighted by molar-refractivity contribution is 0.0697. The van der Waals surface area contributed by atoms with Crippen LogP contribution < -0.4 is 5.32 Å². The molecule has 0 radical (unpaired) electrons. The molecule has 0 bridgehead atoms. The lowest BCUT2D eigenvalue weighted by atomic mass is 10.1. The zero-order chi connectivity index (χ0) is 19.0. The SMILES string of the molecule is O=C(O)c1cccc(Nc2c(-c3cc(Br)ccc3O)nc3cnccn23)c1. The van der Waals surface area contributed by atoms with Gasteiger partial charge in [0, 0.05) is 28.1 Å². The Bertz CT molecular complexity index is 1170. The van der Waals surface area contributed by atoms with Gasteiger partial charge in [0.05, 0.1) is 11.8 Å². The molecule has 4 rings (SSSR count). The van der Waals surface area contributed by atoms with E-state index < -0.39 is 5.97 Å². The molecule has 0 aliphatic carbocycles. The number of hydrogen-bond acceptors (Lipinski definition) is 5. The number of imidazole rings is 1. The van der Waals surface area contributed by atoms with Crippen molar-refractivity contribution in [2.75, 3.05) is 5.32 Å². The van der Waals surface area contributed by atoms with Crippen LogP contribution in [-0.2, 0) is 0 Å². The van der Waals surface area contributed by atoms with Crippen molar-refractivity contribution in [3.05, 3.63) is 71.1 Å². The van der Waals surface area contributed by atoms with Crippen LogP contribution >= 0.6 is 15.9 Å². The van der Waals surface area contributed by atoms with Gasteiger partial charge in [-0.1, -0.05) is 22.0 Å². The summed E-state index contributed by atoms with van der Waals surface area (Å²) in [5.74, 6) is -0.342. The number of nitrogens with one attached hydrogen (secondary N) is 1. The topological polar surface area (TPSA) is 99.8 Å². The third-order valence-corrected chi connectivity index (χ3v) is 4.51. The fourth-order valence-corrected chi connectivity index (χ4v) is 3.14. The van der Waals surface area contributed by atoms with E-state index in [1.54, 1.807) is 53.3 Å². The Morgan fingerprint density at radius 3 is 2.85 bits per heavy atom. The number of anilines is 2. The summed E-state index contributed by atoms with van der Waals surface area (Å²) in [5, 5.41) is 22.8. The Morgan fingerprint density at radius 1 is 1.19 bits per heavy atom. The van der Waals surface area contributed by atoms with Crippen LogP contribution in [0.4, 0.5) is 11.5 Å². The highest BCUT2D eigenvalue weighted by Gasteiger charge is 2.18. The van der Waals surface area contributed by atoms with E-state index in [1.165, 1.54) is 12.1 Å². The summed E-state index contributed by atoms with van der Waals surface area (Å²) < 4.78 is 2.58. The van der Waals surface area contributed by atoms with Crippen molar-refractivity contribution in [1.82, 2.24) is 14.4 Å². The molecule has 0 atom stereocenters. The lowest BCUT2D eigenvalue weighted by Crippen LogP contribution is -2.00. The van der Waals surface area contributed by atoms with Crippen LogP contribution in [0.15, 0.2) is 65.5 Å². The minimum atomic E-state index is -1.01. The van der Waals surface area contributed by atoms with Gasteiger partial charge >= 0.3 is 5.97 Å². The number of aromatic nitrogens is 3. The summed E-state index contributed by atoms with van der Waals surface area (Å²) in [6.07, 6.45) is 4.97. The van der Waals surface area contributed by atoms with Gasteiger partial charge in [0.25, 0.3) is 0 Å². The molecule has 2 aromatic carbocycles. The first kappa shape index (κ1) is 17.0. The van der Waals surface area contributed by atoms with Gasteiger partial charge in [-0.3, -0.25) is 9.38 Å². The zero-order valence-corrected chi connectivity index (χ0v) is 15.4. The minimum absolute atomic E-state index is 0.0805. The van der Waals surface area contributed by atoms with Crippen molar-refractivity contribution >= 4 is 39.1 Å². The summed E-state index contributed by atoms with van der Waals surface area (Å²) in [6, 6.07) is 11.6. The smallest absolute Gasteiger partial charge is 0.335 e. The highest BCUT2D eigenvalue weighted by molar-refractivity contribution is 9.10. The standard InChI is InChI=1S/C19H13BrN4O3/c20-12-4-5-15(25)14(9-12)17-18(24-7-6-21-10-16(24)23-17)22-13-3-1-2-11(8-13)19(26)27/h1-10,22,25H,(H,26,27). The molecule has 134 valence electrons. The number of aromatic carboxylic acids is 1. The van der Waals surface area contributed by atoms with Gasteiger partial charge in [0.15, 0.2) is 5.65 Å². The number of hydrogen-bond donors (Lipinski definition) is 3. The quantitative estimate of drug-likeness (QED) is 0.451. The average Bonchev–Trinajstić information content (AvgIpc) is 3.02. The number of carboxylic acids is 1. The highest BCUT2D eigenvalue weighted by atomic mass is 79.9. The van der Waals surface area contributed by atoms with E-state index in [4.69, 9.17) is 0 Å². The van der Waals surface area contributed by atoms with Gasteiger partial charge in [0.1, 0.15) is 17.3 Å². The molecule has 4 aromatic rings. The molecular formula is C19H13BrN4O3. The van der Waals surface area contributed by atoms with E-state index in [1.807, 2.05) is 0 Å². The normalized spacial score (nSPS) is 10.9. The monoisotopic (exact) mass is 424 g/mol. The average molecular weight is 425 g/mol. The van der Waals surface area contributed by atoms with Crippen molar-refractivity contribution in [2.24, 2.45) is 0 Å². The molecule has 0 unspecified atom stereocenters. The molecule has 27 heavy (non-hydrogen) atoms. The van der Waals surface area contributed by atoms with Crippen LogP contribution in [0.5, 0.6) is 5.75 Å². The third kappa shape index (κ3) is 3.22. The predicted molar refractivity (Wildman–Crippen MR) is 104 cm³/mol. The molecule has 8 heteroatoms. The van der Waals surface area contributed by atoms with E-state index in [2.05, 4.69) is 31.2 Å². The summed E-state index contributed by atoms with van der Waals surface area (Å²) in [6.45, 7) is 0. The molecule has 0 fully saturated rings. The number of phenolic OH excluding ortho intramolecular Hbond substituents is 1. The van der Waals surface area contributed by atoms with Gasteiger partial charge in [-0.25, -0.2) is 9.78 Å². The Kier molecular flexibility index (Phi) is 4.25. The Morgan fingerprint density at radius 2 is 2.04 bits per heavy atom. The van der Waals surface area contributed by atoms with Crippen LogP contribution in [0, 0.1) is 0 Å². The second-order valence-corrected chi connectivity index (χ2v) is 6.70. The van der Waals surface area contributed by atoms with Crippen LogP contribution in [0.2, 0.25) is 0 Å². The molecule has 0 amide bonds. The molecule has 7 nitrogen and oxygen atoms in total. The third-order valence-electron chi connectivity index (χ3n) is 4.02. The highest BCUT2D eigenvalue weighted by Crippen LogP contribution is 2.37. The Balaban J connectivity index is 1.90. The Labute approximate surface area is 162 Å². The van der Waals surface area contributed by atoms with Crippen molar-refractivity contribution in [3.63, 3.8) is 0 Å². The fourth-order valence-electron chi connectivity index (χ4n) is 2.78. The first-order valence-corrected chi connectivity index (χ1v) is 8.73. The number of phenols is 1. The number of benzene rings is 2. The van der Waals surface area contributed by atoms with Gasteiger partial charge < -0.3 is 15.5 Å². The number of carbonyl (C=O) groups is 1. The van der Waals surface area contributed by atoms with Gasteiger partial charge in [-0.2, -0.15) is 0 Å². The number of fused-ring (bicyclic) bond motifs is 1. The van der Waals surface area contributed by atoms with Crippen molar-refractivity contribution < 1.29 is 15.0 Å². The second-order valence-electron chi connectivity index (χ2n) is 5.79. The van der Waals surface area contributed by atoms with E-state index in [0.29, 0.717) is 28.4 Å². The molecule has 0 saturated carbocycles. The number of rotatable bonds is 4. The number of nitrogens with zero attached hydrogens (tertiary/aromatic N) is 3. The zero-order valence-electron chi connectivity index (χ0n) is 13.8. The molecule has 0 aliphatic heterocycles. The predicted octanol–water partition coefficient (Wildman–Crippen LogP) is 4.31. The Hall–Kier alpha value is -3.39. The van der Waals surface area contributed by atoms with Gasteiger partial charge in [-0.05, 0) is 36.4 Å². The van der Waals surface area contributed by atoms with Gasteiger partial charge in [-0.15, -0.1) is 0 Å². The first-order valence-electron chi connectivity index (χ1n) is 7.94. The lowest BCUT2D eigenvalue weighted by Gasteiger charge is -2.10. The summed E-state index contributed by atoms with van der Waals surface area (Å²) in [7, 11) is 0. The molecule has 2 heterocycles. The molecule has 2 aromatic heterocycles. The van der Waals surface area contributed by atoms with E-state index in [0.717, 1.165) is 4.47 Å². The number of carboxylic acid groups (broad SMARTS) is 1. The fraction of sp³-hybridized carbons (Fsp3) is 0. The van der Waals surface area contributed by atoms with E-state index in [-0.39, 0.29) is 11.3 Å². The molecular weight excluding hydrogens is 412 g/mol. The van der Waals surface area contributed by atoms with Crippen molar-refractivity contribution in [3.8, 4) is 17.0 Å². The van der Waals surface area contributed by atoms with Crippen molar-refractivity contribution in [1.29, 1.82) is 0 Å².